The third-order valence-electron chi connectivity index (χ3n) is 4.22. The molecule has 3 aromatic carbocycles. The van der Waals surface area contributed by atoms with Crippen LogP contribution in [0.3, 0.4) is 0 Å². The minimum atomic E-state index is -0.889. The Hall–Kier alpha value is -3.08. The Labute approximate surface area is 148 Å². The maximum atomic E-state index is 14.2. The van der Waals surface area contributed by atoms with Crippen LogP contribution in [0.15, 0.2) is 54.6 Å². The van der Waals surface area contributed by atoms with Gasteiger partial charge >= 0.3 is 0 Å². The summed E-state index contributed by atoms with van der Waals surface area (Å²) in [5.74, 6) is -3.27. The van der Waals surface area contributed by atoms with Crippen LogP contribution in [0, 0.1) is 24.4 Å². The lowest BCUT2D eigenvalue weighted by molar-refractivity contribution is 0.0987. The largest absolute Gasteiger partial charge is 0.505 e. The van der Waals surface area contributed by atoms with E-state index >= 15 is 0 Å². The number of rotatable bonds is 4. The minimum absolute atomic E-state index is 0.0190. The van der Waals surface area contributed by atoms with Crippen molar-refractivity contribution in [1.29, 1.82) is 0 Å². The summed E-state index contributed by atoms with van der Waals surface area (Å²) in [5, 5.41) is 9.49. The number of hydrogen-bond donors (Lipinski definition) is 1. The molecule has 2 nitrogen and oxygen atoms in total. The molecule has 0 aliphatic carbocycles. The van der Waals surface area contributed by atoms with Gasteiger partial charge in [0.2, 0.25) is 0 Å². The number of Topliss-reactive ketones (excluding diaryl/α,β-unsaturated/α-hetero) is 1. The zero-order valence-corrected chi connectivity index (χ0v) is 13.9. The average molecular weight is 356 g/mol. The highest BCUT2D eigenvalue weighted by Crippen LogP contribution is 2.26. The quantitative estimate of drug-likeness (QED) is 0.652. The van der Waals surface area contributed by atoms with Crippen LogP contribution in [0.25, 0.3) is 11.1 Å². The number of carbonyl (C=O) groups is 1. The van der Waals surface area contributed by atoms with E-state index in [9.17, 15) is 23.1 Å². The van der Waals surface area contributed by atoms with Crippen molar-refractivity contribution in [2.75, 3.05) is 0 Å². The Kier molecular flexibility index (Phi) is 4.80. The van der Waals surface area contributed by atoms with Crippen molar-refractivity contribution < 1.29 is 23.1 Å². The molecule has 132 valence electrons. The van der Waals surface area contributed by atoms with Crippen molar-refractivity contribution in [3.8, 4) is 16.9 Å². The highest BCUT2D eigenvalue weighted by Gasteiger charge is 2.19. The van der Waals surface area contributed by atoms with Crippen molar-refractivity contribution in [3.63, 3.8) is 0 Å². The topological polar surface area (TPSA) is 37.3 Å². The number of hydrogen-bond acceptors (Lipinski definition) is 2. The van der Waals surface area contributed by atoms with Gasteiger partial charge in [-0.3, -0.25) is 4.79 Å². The van der Waals surface area contributed by atoms with Crippen LogP contribution in [0.5, 0.6) is 5.75 Å². The predicted molar refractivity (Wildman–Crippen MR) is 92.6 cm³/mol. The van der Waals surface area contributed by atoms with E-state index in [1.165, 1.54) is 42.5 Å². The first-order chi connectivity index (χ1) is 12.4. The second-order valence-corrected chi connectivity index (χ2v) is 6.00. The number of aromatic hydroxyl groups is 1. The monoisotopic (exact) mass is 356 g/mol. The summed E-state index contributed by atoms with van der Waals surface area (Å²) in [6, 6.07) is 12.3. The molecule has 3 rings (SSSR count). The third kappa shape index (κ3) is 3.47. The fourth-order valence-corrected chi connectivity index (χ4v) is 2.76. The van der Waals surface area contributed by atoms with Gasteiger partial charge in [-0.15, -0.1) is 0 Å². The fraction of sp³-hybridized carbons (Fsp3) is 0.0952. The number of phenols is 1. The summed E-state index contributed by atoms with van der Waals surface area (Å²) in [4.78, 5) is 12.5. The molecule has 1 N–H and O–H groups in total. The Bertz CT molecular complexity index is 997. The number of aryl methyl sites for hydroxylation is 1. The number of carbonyl (C=O) groups excluding carboxylic acids is 1. The maximum absolute atomic E-state index is 14.2. The lowest BCUT2D eigenvalue weighted by atomic mass is 9.95. The van der Waals surface area contributed by atoms with Crippen LogP contribution in [-0.2, 0) is 6.42 Å². The molecule has 0 atom stereocenters. The van der Waals surface area contributed by atoms with E-state index in [1.807, 2.05) is 0 Å². The van der Waals surface area contributed by atoms with E-state index in [-0.39, 0.29) is 11.1 Å². The van der Waals surface area contributed by atoms with Crippen molar-refractivity contribution in [1.82, 2.24) is 0 Å². The summed E-state index contributed by atoms with van der Waals surface area (Å²) < 4.78 is 41.6. The first-order valence-electron chi connectivity index (χ1n) is 7.92. The maximum Gasteiger partial charge on any atom is 0.170 e. The molecule has 5 heteroatoms. The molecule has 0 amide bonds. The lowest BCUT2D eigenvalue weighted by Crippen LogP contribution is -2.09. The van der Waals surface area contributed by atoms with E-state index in [0.29, 0.717) is 16.7 Å². The second kappa shape index (κ2) is 7.04. The smallest absolute Gasteiger partial charge is 0.170 e. The molecule has 0 aliphatic rings. The highest BCUT2D eigenvalue weighted by molar-refractivity contribution is 5.99. The lowest BCUT2D eigenvalue weighted by Gasteiger charge is -2.10. The van der Waals surface area contributed by atoms with Crippen LogP contribution < -0.4 is 0 Å². The van der Waals surface area contributed by atoms with E-state index in [1.54, 1.807) is 13.0 Å². The molecule has 0 unspecified atom stereocenters. The first-order valence-corrected chi connectivity index (χ1v) is 7.92. The molecule has 26 heavy (non-hydrogen) atoms. The van der Waals surface area contributed by atoms with Crippen LogP contribution >= 0.6 is 0 Å². The number of phenolic OH excluding ortho intramolecular Hbond substituents is 1. The summed E-state index contributed by atoms with van der Waals surface area (Å²) >= 11 is 0. The molecule has 0 saturated heterocycles. The van der Waals surface area contributed by atoms with Crippen LogP contribution in [0.1, 0.15) is 21.5 Å². The van der Waals surface area contributed by atoms with Gasteiger partial charge in [-0.25, -0.2) is 13.2 Å². The zero-order chi connectivity index (χ0) is 18.8. The third-order valence-corrected chi connectivity index (χ3v) is 4.22. The van der Waals surface area contributed by atoms with Crippen LogP contribution in [0.4, 0.5) is 13.2 Å². The van der Waals surface area contributed by atoms with Gasteiger partial charge in [0.1, 0.15) is 11.6 Å². The predicted octanol–water partition coefficient (Wildman–Crippen LogP) is 5.21. The molecule has 0 fully saturated rings. The summed E-state index contributed by atoms with van der Waals surface area (Å²) in [5.41, 5.74) is 1.26. The minimum Gasteiger partial charge on any atom is -0.505 e. The van der Waals surface area contributed by atoms with Gasteiger partial charge in [-0.2, -0.15) is 0 Å². The SMILES string of the molecule is Cc1ccc(O)c(F)c1CC(=O)c1cc(-c2cccc(F)c2)ccc1F. The summed E-state index contributed by atoms with van der Waals surface area (Å²) in [6.07, 6.45) is -0.393. The molecule has 0 aliphatic heterocycles. The van der Waals surface area contributed by atoms with E-state index in [4.69, 9.17) is 0 Å². The molecule has 0 bridgehead atoms. The van der Waals surface area contributed by atoms with Crippen molar-refractivity contribution in [2.45, 2.75) is 13.3 Å². The second-order valence-electron chi connectivity index (χ2n) is 6.00. The van der Waals surface area contributed by atoms with E-state index in [2.05, 4.69) is 0 Å². The first kappa shape index (κ1) is 17.7. The number of halogens is 3. The highest BCUT2D eigenvalue weighted by atomic mass is 19.1. The summed E-state index contributed by atoms with van der Waals surface area (Å²) in [6.45, 7) is 1.60. The van der Waals surface area contributed by atoms with E-state index in [0.717, 1.165) is 6.07 Å². The van der Waals surface area contributed by atoms with Gasteiger partial charge in [0, 0.05) is 12.0 Å². The molecule has 0 heterocycles. The van der Waals surface area contributed by atoms with Gasteiger partial charge < -0.3 is 5.11 Å². The Morgan fingerprint density at radius 3 is 2.42 bits per heavy atom. The van der Waals surface area contributed by atoms with Gasteiger partial charge in [0.25, 0.3) is 0 Å². The van der Waals surface area contributed by atoms with Crippen LogP contribution in [0.2, 0.25) is 0 Å². The number of benzene rings is 3. The Balaban J connectivity index is 1.98. The van der Waals surface area contributed by atoms with Gasteiger partial charge in [-0.1, -0.05) is 24.3 Å². The molecule has 0 saturated carbocycles. The Morgan fingerprint density at radius 1 is 0.962 bits per heavy atom. The molecular weight excluding hydrogens is 341 g/mol. The number of ketones is 1. The average Bonchev–Trinajstić information content (AvgIpc) is 2.62. The molecule has 0 aromatic heterocycles. The Morgan fingerprint density at radius 2 is 1.69 bits per heavy atom. The molecular formula is C21H15F3O2. The molecule has 0 radical (unpaired) electrons. The van der Waals surface area contributed by atoms with Gasteiger partial charge in [-0.05, 0) is 53.9 Å². The van der Waals surface area contributed by atoms with Crippen molar-refractivity contribution >= 4 is 5.78 Å². The van der Waals surface area contributed by atoms with Crippen molar-refractivity contribution in [2.24, 2.45) is 0 Å². The zero-order valence-electron chi connectivity index (χ0n) is 13.9. The molecule has 0 spiro atoms. The fourth-order valence-electron chi connectivity index (χ4n) is 2.76. The normalized spacial score (nSPS) is 10.8. The summed E-state index contributed by atoms with van der Waals surface area (Å²) in [7, 11) is 0. The van der Waals surface area contributed by atoms with Crippen molar-refractivity contribution in [3.05, 3.63) is 88.7 Å². The van der Waals surface area contributed by atoms with Crippen LogP contribution in [-0.4, -0.2) is 10.9 Å². The standard InChI is InChI=1S/C21H15F3O2/c1-12-5-8-19(25)21(24)16(12)11-20(26)17-10-14(6-7-18(17)23)13-3-2-4-15(22)9-13/h2-10,25H,11H2,1H3. The van der Waals surface area contributed by atoms with Gasteiger partial charge in [0.05, 0.1) is 5.56 Å². The van der Waals surface area contributed by atoms with E-state index < -0.39 is 35.4 Å². The van der Waals surface area contributed by atoms with Gasteiger partial charge in [0.15, 0.2) is 17.3 Å². The molecule has 3 aromatic rings.